The van der Waals surface area contributed by atoms with Gasteiger partial charge < -0.3 is 9.84 Å². The van der Waals surface area contributed by atoms with Gasteiger partial charge in [0.15, 0.2) is 0 Å². The van der Waals surface area contributed by atoms with Gasteiger partial charge in [0.25, 0.3) is 5.89 Å². The molecule has 0 fully saturated rings. The van der Waals surface area contributed by atoms with Gasteiger partial charge in [-0.3, -0.25) is 9.97 Å². The zero-order valence-corrected chi connectivity index (χ0v) is 13.3. The summed E-state index contributed by atoms with van der Waals surface area (Å²) in [5.41, 5.74) is 3.68. The quantitative estimate of drug-likeness (QED) is 0.600. The van der Waals surface area contributed by atoms with Gasteiger partial charge in [-0.2, -0.15) is 4.98 Å². The van der Waals surface area contributed by atoms with E-state index < -0.39 is 0 Å². The van der Waals surface area contributed by atoms with Crippen molar-refractivity contribution in [2.24, 2.45) is 0 Å². The van der Waals surface area contributed by atoms with Crippen LogP contribution in [0.3, 0.4) is 0 Å². The first kappa shape index (κ1) is 15.0. The summed E-state index contributed by atoms with van der Waals surface area (Å²) in [4.78, 5) is 12.7. The van der Waals surface area contributed by atoms with Crippen LogP contribution in [0.25, 0.3) is 22.8 Å². The van der Waals surface area contributed by atoms with Gasteiger partial charge in [0, 0.05) is 29.2 Å². The van der Waals surface area contributed by atoms with E-state index in [0.717, 1.165) is 22.5 Å². The van der Waals surface area contributed by atoms with Gasteiger partial charge in [-0.05, 0) is 36.4 Å². The summed E-state index contributed by atoms with van der Waals surface area (Å²) in [6.07, 6.45) is 5.08. The molecule has 6 nitrogen and oxygen atoms in total. The number of nitrogens with zero attached hydrogens (tertiary/aromatic N) is 4. The van der Waals surface area contributed by atoms with E-state index in [1.807, 2.05) is 54.6 Å². The molecule has 25 heavy (non-hydrogen) atoms. The van der Waals surface area contributed by atoms with Gasteiger partial charge >= 0.3 is 0 Å². The van der Waals surface area contributed by atoms with Crippen molar-refractivity contribution >= 4 is 5.69 Å². The number of nitrogens with one attached hydrogen (secondary N) is 1. The lowest BCUT2D eigenvalue weighted by Crippen LogP contribution is -2.01. The molecule has 0 amide bonds. The predicted octanol–water partition coefficient (Wildman–Crippen LogP) is 3.81. The largest absolute Gasteiger partial charge is 0.379 e. The van der Waals surface area contributed by atoms with Crippen molar-refractivity contribution in [1.82, 2.24) is 20.1 Å². The Labute approximate surface area is 144 Å². The van der Waals surface area contributed by atoms with Crippen LogP contribution in [-0.2, 0) is 6.54 Å². The molecule has 0 bridgehead atoms. The Morgan fingerprint density at radius 2 is 1.72 bits per heavy atom. The van der Waals surface area contributed by atoms with Gasteiger partial charge in [0.2, 0.25) is 5.82 Å². The lowest BCUT2D eigenvalue weighted by Gasteiger charge is -2.05. The Morgan fingerprint density at radius 1 is 0.880 bits per heavy atom. The maximum Gasteiger partial charge on any atom is 0.258 e. The SMILES string of the molecule is c1ccc(-c2nc(-c3ccc(NCc4cnccn4)cc3)no2)cc1. The summed E-state index contributed by atoms with van der Waals surface area (Å²) in [6, 6.07) is 17.6. The van der Waals surface area contributed by atoms with Crippen LogP contribution in [0, 0.1) is 0 Å². The number of anilines is 1. The second kappa shape index (κ2) is 6.92. The highest BCUT2D eigenvalue weighted by Gasteiger charge is 2.10. The third-order valence-corrected chi connectivity index (χ3v) is 3.68. The highest BCUT2D eigenvalue weighted by atomic mass is 16.5. The Bertz CT molecular complexity index is 936. The number of hydrogen-bond donors (Lipinski definition) is 1. The van der Waals surface area contributed by atoms with Crippen LogP contribution in [-0.4, -0.2) is 20.1 Å². The minimum absolute atomic E-state index is 0.514. The van der Waals surface area contributed by atoms with Crippen molar-refractivity contribution in [3.8, 4) is 22.8 Å². The highest BCUT2D eigenvalue weighted by molar-refractivity contribution is 5.62. The van der Waals surface area contributed by atoms with Crippen LogP contribution in [0.4, 0.5) is 5.69 Å². The second-order valence-electron chi connectivity index (χ2n) is 5.42. The fourth-order valence-electron chi connectivity index (χ4n) is 2.39. The molecular weight excluding hydrogens is 314 g/mol. The summed E-state index contributed by atoms with van der Waals surface area (Å²) in [6.45, 7) is 0.619. The molecule has 6 heteroatoms. The minimum Gasteiger partial charge on any atom is -0.379 e. The van der Waals surface area contributed by atoms with Crippen molar-refractivity contribution < 1.29 is 4.52 Å². The van der Waals surface area contributed by atoms with Crippen molar-refractivity contribution in [3.05, 3.63) is 78.9 Å². The number of aromatic nitrogens is 4. The fourth-order valence-corrected chi connectivity index (χ4v) is 2.39. The minimum atomic E-state index is 0.514. The molecule has 0 radical (unpaired) electrons. The normalized spacial score (nSPS) is 10.6. The Kier molecular flexibility index (Phi) is 4.16. The average molecular weight is 329 g/mol. The molecule has 0 saturated carbocycles. The van der Waals surface area contributed by atoms with E-state index in [1.165, 1.54) is 0 Å². The lowest BCUT2D eigenvalue weighted by molar-refractivity contribution is 0.432. The summed E-state index contributed by atoms with van der Waals surface area (Å²) in [7, 11) is 0. The number of hydrogen-bond acceptors (Lipinski definition) is 6. The summed E-state index contributed by atoms with van der Waals surface area (Å²) in [5, 5.41) is 7.37. The molecule has 0 spiro atoms. The van der Waals surface area contributed by atoms with E-state index in [0.29, 0.717) is 18.3 Å². The van der Waals surface area contributed by atoms with Crippen molar-refractivity contribution in [3.63, 3.8) is 0 Å². The zero-order valence-electron chi connectivity index (χ0n) is 13.3. The Hall–Kier alpha value is -3.54. The van der Waals surface area contributed by atoms with E-state index in [2.05, 4.69) is 25.4 Å². The third-order valence-electron chi connectivity index (χ3n) is 3.68. The predicted molar refractivity (Wildman–Crippen MR) is 94.5 cm³/mol. The molecule has 122 valence electrons. The van der Waals surface area contributed by atoms with Crippen LogP contribution in [0.15, 0.2) is 77.7 Å². The molecule has 2 heterocycles. The molecule has 2 aromatic carbocycles. The molecule has 0 aliphatic rings. The average Bonchev–Trinajstić information content (AvgIpc) is 3.19. The molecule has 0 atom stereocenters. The van der Waals surface area contributed by atoms with Crippen molar-refractivity contribution in [2.45, 2.75) is 6.54 Å². The molecule has 1 N–H and O–H groups in total. The van der Waals surface area contributed by atoms with Crippen LogP contribution in [0.5, 0.6) is 0 Å². The van der Waals surface area contributed by atoms with Crippen LogP contribution in [0.2, 0.25) is 0 Å². The molecule has 0 aliphatic heterocycles. The lowest BCUT2D eigenvalue weighted by atomic mass is 10.2. The van der Waals surface area contributed by atoms with Crippen LogP contribution in [0.1, 0.15) is 5.69 Å². The number of benzene rings is 2. The van der Waals surface area contributed by atoms with Crippen LogP contribution < -0.4 is 5.32 Å². The van der Waals surface area contributed by atoms with Crippen molar-refractivity contribution in [2.75, 3.05) is 5.32 Å². The third kappa shape index (κ3) is 3.53. The maximum atomic E-state index is 5.35. The molecule has 0 unspecified atom stereocenters. The standard InChI is InChI=1S/C19H15N5O/c1-2-4-15(5-3-1)19-23-18(24-25-19)14-6-8-16(9-7-14)22-13-17-12-20-10-11-21-17/h1-12,22H,13H2. The van der Waals surface area contributed by atoms with E-state index in [1.54, 1.807) is 18.6 Å². The fraction of sp³-hybridized carbons (Fsp3) is 0.0526. The van der Waals surface area contributed by atoms with Gasteiger partial charge in [-0.1, -0.05) is 23.4 Å². The van der Waals surface area contributed by atoms with Gasteiger partial charge in [0.05, 0.1) is 18.4 Å². The van der Waals surface area contributed by atoms with E-state index in [9.17, 15) is 0 Å². The zero-order chi connectivity index (χ0) is 16.9. The number of rotatable bonds is 5. The first-order valence-electron chi connectivity index (χ1n) is 7.87. The monoisotopic (exact) mass is 329 g/mol. The van der Waals surface area contributed by atoms with Gasteiger partial charge in [0.1, 0.15) is 0 Å². The molecular formula is C19H15N5O. The van der Waals surface area contributed by atoms with Crippen molar-refractivity contribution in [1.29, 1.82) is 0 Å². The molecule has 0 aliphatic carbocycles. The molecule has 4 aromatic rings. The van der Waals surface area contributed by atoms with Crippen LogP contribution >= 0.6 is 0 Å². The Morgan fingerprint density at radius 3 is 2.48 bits per heavy atom. The summed E-state index contributed by atoms with van der Waals surface area (Å²) in [5.74, 6) is 1.08. The Balaban J connectivity index is 1.46. The molecule has 0 saturated heterocycles. The highest BCUT2D eigenvalue weighted by Crippen LogP contribution is 2.23. The van der Waals surface area contributed by atoms with Gasteiger partial charge in [-0.15, -0.1) is 0 Å². The summed E-state index contributed by atoms with van der Waals surface area (Å²) >= 11 is 0. The van der Waals surface area contributed by atoms with E-state index in [4.69, 9.17) is 4.52 Å². The van der Waals surface area contributed by atoms with E-state index in [-0.39, 0.29) is 0 Å². The van der Waals surface area contributed by atoms with E-state index >= 15 is 0 Å². The second-order valence-corrected chi connectivity index (χ2v) is 5.42. The maximum absolute atomic E-state index is 5.35. The smallest absolute Gasteiger partial charge is 0.258 e. The summed E-state index contributed by atoms with van der Waals surface area (Å²) < 4.78 is 5.35. The first-order valence-corrected chi connectivity index (χ1v) is 7.87. The first-order chi connectivity index (χ1) is 12.4. The van der Waals surface area contributed by atoms with Gasteiger partial charge in [-0.25, -0.2) is 0 Å². The topological polar surface area (TPSA) is 76.7 Å². The molecule has 2 aromatic heterocycles. The molecule has 4 rings (SSSR count).